The van der Waals surface area contributed by atoms with Gasteiger partial charge in [0.25, 0.3) is 5.56 Å². The van der Waals surface area contributed by atoms with E-state index in [0.29, 0.717) is 10.4 Å². The summed E-state index contributed by atoms with van der Waals surface area (Å²) in [5.41, 5.74) is 2.58. The molecule has 1 aliphatic heterocycles. The van der Waals surface area contributed by atoms with Gasteiger partial charge in [0.1, 0.15) is 17.7 Å². The number of aryl methyl sites for hydroxylation is 1. The second-order valence-corrected chi connectivity index (χ2v) is 8.19. The summed E-state index contributed by atoms with van der Waals surface area (Å²) in [7, 11) is 0. The fourth-order valence-corrected chi connectivity index (χ4v) is 4.11. The van der Waals surface area contributed by atoms with Crippen LogP contribution in [0, 0.1) is 12.7 Å². The van der Waals surface area contributed by atoms with Crippen molar-refractivity contribution in [2.24, 2.45) is 0 Å². The second kappa shape index (κ2) is 8.24. The Labute approximate surface area is 191 Å². The molecule has 5 rings (SSSR count). The Balaban J connectivity index is 1.63. The minimum absolute atomic E-state index is 0.0163. The third-order valence-electron chi connectivity index (χ3n) is 5.74. The van der Waals surface area contributed by atoms with E-state index in [2.05, 4.69) is 20.6 Å². The van der Waals surface area contributed by atoms with Crippen LogP contribution in [0.5, 0.6) is 0 Å². The SMILES string of the molecule is Cc1cc(-n2c3nc(Nc4ccc5c(c4)CNCC5)ncc3c(=O)n2CC(F)(F)F)ccc1F. The molecule has 2 aromatic carbocycles. The van der Waals surface area contributed by atoms with Crippen LogP contribution in [0.2, 0.25) is 0 Å². The van der Waals surface area contributed by atoms with Gasteiger partial charge in [-0.1, -0.05) is 6.07 Å². The molecule has 0 unspecified atom stereocenters. The van der Waals surface area contributed by atoms with Gasteiger partial charge in [-0.2, -0.15) is 18.2 Å². The summed E-state index contributed by atoms with van der Waals surface area (Å²) in [6.07, 6.45) is -2.53. The third kappa shape index (κ3) is 4.14. The average Bonchev–Trinajstić information content (AvgIpc) is 3.05. The van der Waals surface area contributed by atoms with Crippen molar-refractivity contribution in [1.29, 1.82) is 0 Å². The zero-order valence-electron chi connectivity index (χ0n) is 18.1. The van der Waals surface area contributed by atoms with Crippen LogP contribution < -0.4 is 16.2 Å². The van der Waals surface area contributed by atoms with Crippen molar-refractivity contribution in [1.82, 2.24) is 24.6 Å². The largest absolute Gasteiger partial charge is 0.408 e. The maximum Gasteiger partial charge on any atom is 0.408 e. The molecular weight excluding hydrogens is 452 g/mol. The summed E-state index contributed by atoms with van der Waals surface area (Å²) in [5, 5.41) is 6.29. The molecule has 2 N–H and O–H groups in total. The summed E-state index contributed by atoms with van der Waals surface area (Å²) >= 11 is 0. The van der Waals surface area contributed by atoms with E-state index < -0.39 is 24.1 Å². The smallest absolute Gasteiger partial charge is 0.324 e. The van der Waals surface area contributed by atoms with Crippen molar-refractivity contribution in [3.63, 3.8) is 0 Å². The fraction of sp³-hybridized carbons (Fsp3) is 0.261. The van der Waals surface area contributed by atoms with E-state index >= 15 is 0 Å². The van der Waals surface area contributed by atoms with Crippen LogP contribution in [-0.2, 0) is 19.5 Å². The molecule has 0 radical (unpaired) electrons. The zero-order chi connectivity index (χ0) is 24.0. The van der Waals surface area contributed by atoms with Gasteiger partial charge in [0.05, 0.1) is 5.69 Å². The van der Waals surface area contributed by atoms with Crippen LogP contribution in [0.25, 0.3) is 16.7 Å². The fourth-order valence-electron chi connectivity index (χ4n) is 4.11. The number of fused-ring (bicyclic) bond motifs is 2. The maximum atomic E-state index is 13.8. The summed E-state index contributed by atoms with van der Waals surface area (Å²) in [5.74, 6) is -0.392. The Morgan fingerprint density at radius 2 is 1.97 bits per heavy atom. The van der Waals surface area contributed by atoms with E-state index in [0.717, 1.165) is 35.8 Å². The highest BCUT2D eigenvalue weighted by Crippen LogP contribution is 2.25. The first-order valence-electron chi connectivity index (χ1n) is 10.6. The van der Waals surface area contributed by atoms with Crippen LogP contribution in [-0.4, -0.2) is 32.1 Å². The van der Waals surface area contributed by atoms with Crippen molar-refractivity contribution in [2.45, 2.75) is 32.6 Å². The van der Waals surface area contributed by atoms with Crippen LogP contribution in [0.4, 0.5) is 29.2 Å². The molecule has 4 aromatic rings. The molecule has 0 amide bonds. The topological polar surface area (TPSA) is 76.8 Å². The van der Waals surface area contributed by atoms with Crippen molar-refractivity contribution in [2.75, 3.05) is 11.9 Å². The highest BCUT2D eigenvalue weighted by atomic mass is 19.4. The van der Waals surface area contributed by atoms with Gasteiger partial charge < -0.3 is 10.6 Å². The van der Waals surface area contributed by atoms with Crippen LogP contribution in [0.1, 0.15) is 16.7 Å². The Morgan fingerprint density at radius 1 is 1.15 bits per heavy atom. The lowest BCUT2D eigenvalue weighted by molar-refractivity contribution is -0.144. The molecule has 0 atom stereocenters. The Bertz CT molecular complexity index is 1460. The number of anilines is 2. The number of halogens is 4. The predicted molar refractivity (Wildman–Crippen MR) is 119 cm³/mol. The van der Waals surface area contributed by atoms with Crippen LogP contribution >= 0.6 is 0 Å². The monoisotopic (exact) mass is 472 g/mol. The molecule has 1 aliphatic rings. The minimum Gasteiger partial charge on any atom is -0.324 e. The van der Waals surface area contributed by atoms with Crippen molar-refractivity contribution in [3.8, 4) is 5.69 Å². The molecule has 0 bridgehead atoms. The first kappa shape index (κ1) is 22.1. The standard InChI is InChI=1S/C23H20F4N6O/c1-13-8-17(4-5-19(13)24)33-20-18(21(34)32(33)12-23(25,26)27)11-29-22(31-20)30-16-3-2-14-6-7-28-10-15(14)9-16/h2-5,8-9,11,28H,6-7,10,12H2,1H3,(H,29,30,31). The van der Waals surface area contributed by atoms with Crippen molar-refractivity contribution in [3.05, 3.63) is 75.5 Å². The molecule has 0 saturated heterocycles. The summed E-state index contributed by atoms with van der Waals surface area (Å²) in [4.78, 5) is 21.4. The number of hydrogen-bond acceptors (Lipinski definition) is 5. The molecule has 0 spiro atoms. The normalized spacial score (nSPS) is 13.8. The van der Waals surface area contributed by atoms with E-state index in [1.165, 1.54) is 30.8 Å². The van der Waals surface area contributed by atoms with Crippen molar-refractivity contribution < 1.29 is 17.6 Å². The molecule has 34 heavy (non-hydrogen) atoms. The number of nitrogens with zero attached hydrogens (tertiary/aromatic N) is 4. The van der Waals surface area contributed by atoms with E-state index in [-0.39, 0.29) is 28.2 Å². The molecule has 3 heterocycles. The second-order valence-electron chi connectivity index (χ2n) is 8.19. The molecule has 176 valence electrons. The van der Waals surface area contributed by atoms with Gasteiger partial charge in [-0.3, -0.25) is 4.79 Å². The number of alkyl halides is 3. The molecule has 11 heteroatoms. The van der Waals surface area contributed by atoms with Crippen LogP contribution in [0.3, 0.4) is 0 Å². The lowest BCUT2D eigenvalue weighted by atomic mass is 10.0. The van der Waals surface area contributed by atoms with Gasteiger partial charge in [0, 0.05) is 18.4 Å². The highest BCUT2D eigenvalue weighted by Gasteiger charge is 2.32. The van der Waals surface area contributed by atoms with Gasteiger partial charge in [0.2, 0.25) is 5.95 Å². The number of nitrogens with one attached hydrogen (secondary N) is 2. The lowest BCUT2D eigenvalue weighted by Gasteiger charge is -2.18. The summed E-state index contributed by atoms with van der Waals surface area (Å²) < 4.78 is 55.4. The van der Waals surface area contributed by atoms with Gasteiger partial charge in [-0.05, 0) is 66.9 Å². The zero-order valence-corrected chi connectivity index (χ0v) is 18.1. The first-order chi connectivity index (χ1) is 16.2. The number of rotatable bonds is 4. The van der Waals surface area contributed by atoms with E-state index in [1.54, 1.807) is 0 Å². The molecule has 7 nitrogen and oxygen atoms in total. The van der Waals surface area contributed by atoms with E-state index in [9.17, 15) is 22.4 Å². The van der Waals surface area contributed by atoms with Gasteiger partial charge in [0.15, 0.2) is 5.65 Å². The quantitative estimate of drug-likeness (QED) is 0.440. The average molecular weight is 472 g/mol. The molecule has 0 fully saturated rings. The first-order valence-corrected chi connectivity index (χ1v) is 10.6. The maximum absolute atomic E-state index is 13.8. The van der Waals surface area contributed by atoms with Crippen LogP contribution in [0.15, 0.2) is 47.4 Å². The predicted octanol–water partition coefficient (Wildman–Crippen LogP) is 3.98. The third-order valence-corrected chi connectivity index (χ3v) is 5.74. The van der Waals surface area contributed by atoms with E-state index in [1.807, 2.05) is 18.2 Å². The Kier molecular flexibility index (Phi) is 5.35. The molecule has 0 aliphatic carbocycles. The Morgan fingerprint density at radius 3 is 2.74 bits per heavy atom. The molecule has 2 aromatic heterocycles. The van der Waals surface area contributed by atoms with Gasteiger partial charge in [-0.25, -0.2) is 18.7 Å². The molecule has 0 saturated carbocycles. The minimum atomic E-state index is -4.66. The lowest BCUT2D eigenvalue weighted by Crippen LogP contribution is -2.30. The highest BCUT2D eigenvalue weighted by molar-refractivity contribution is 5.77. The van der Waals surface area contributed by atoms with Gasteiger partial charge >= 0.3 is 6.18 Å². The number of aromatic nitrogens is 4. The molecular formula is C23H20F4N6O. The number of hydrogen-bond donors (Lipinski definition) is 2. The van der Waals surface area contributed by atoms with Gasteiger partial charge in [-0.15, -0.1) is 0 Å². The van der Waals surface area contributed by atoms with Crippen molar-refractivity contribution >= 4 is 22.7 Å². The summed E-state index contributed by atoms with van der Waals surface area (Å²) in [6, 6.07) is 9.66. The van der Waals surface area contributed by atoms with E-state index in [4.69, 9.17) is 0 Å². The number of benzene rings is 2. The summed E-state index contributed by atoms with van der Waals surface area (Å²) in [6.45, 7) is 1.60. The Hall–Kier alpha value is -3.73.